The smallest absolute Gasteiger partial charge is 0.254 e. The number of halogens is 1. The Morgan fingerprint density at radius 1 is 1.33 bits per heavy atom. The molecule has 0 saturated heterocycles. The van der Waals surface area contributed by atoms with Crippen LogP contribution in [0.25, 0.3) is 0 Å². The SMILES string of the molecule is COc1cc(F)c(C(=O)NCCCN)cc1OC. The van der Waals surface area contributed by atoms with E-state index in [0.717, 1.165) is 6.07 Å². The van der Waals surface area contributed by atoms with E-state index in [0.29, 0.717) is 25.3 Å². The van der Waals surface area contributed by atoms with Gasteiger partial charge in [0.05, 0.1) is 19.8 Å². The van der Waals surface area contributed by atoms with Crippen LogP contribution in [-0.2, 0) is 0 Å². The summed E-state index contributed by atoms with van der Waals surface area (Å²) in [7, 11) is 2.82. The van der Waals surface area contributed by atoms with Crippen molar-refractivity contribution in [3.63, 3.8) is 0 Å². The fraction of sp³-hybridized carbons (Fsp3) is 0.417. The van der Waals surface area contributed by atoms with E-state index in [1.165, 1.54) is 20.3 Å². The second kappa shape index (κ2) is 6.80. The van der Waals surface area contributed by atoms with Crippen LogP contribution in [0.3, 0.4) is 0 Å². The average molecular weight is 256 g/mol. The van der Waals surface area contributed by atoms with Crippen LogP contribution < -0.4 is 20.5 Å². The van der Waals surface area contributed by atoms with E-state index in [1.54, 1.807) is 0 Å². The molecule has 0 bridgehead atoms. The molecule has 18 heavy (non-hydrogen) atoms. The Morgan fingerprint density at radius 3 is 2.50 bits per heavy atom. The van der Waals surface area contributed by atoms with Crippen LogP contribution in [0.4, 0.5) is 4.39 Å². The second-order valence-electron chi connectivity index (χ2n) is 3.59. The summed E-state index contributed by atoms with van der Waals surface area (Å²) in [6.45, 7) is 0.873. The highest BCUT2D eigenvalue weighted by molar-refractivity contribution is 5.95. The lowest BCUT2D eigenvalue weighted by Gasteiger charge is -2.11. The third-order valence-corrected chi connectivity index (χ3v) is 2.38. The molecule has 0 fully saturated rings. The summed E-state index contributed by atoms with van der Waals surface area (Å²) in [5.74, 6) is -0.601. The van der Waals surface area contributed by atoms with Crippen LogP contribution in [-0.4, -0.2) is 33.2 Å². The minimum atomic E-state index is -0.655. The number of carbonyl (C=O) groups excluding carboxylic acids is 1. The molecule has 1 aromatic carbocycles. The van der Waals surface area contributed by atoms with E-state index < -0.39 is 11.7 Å². The molecule has 0 aliphatic heterocycles. The van der Waals surface area contributed by atoms with Gasteiger partial charge < -0.3 is 20.5 Å². The molecule has 1 amide bonds. The highest BCUT2D eigenvalue weighted by Gasteiger charge is 2.16. The molecule has 3 N–H and O–H groups in total. The summed E-state index contributed by atoms with van der Waals surface area (Å²) in [5.41, 5.74) is 5.23. The Labute approximate surface area is 105 Å². The van der Waals surface area contributed by atoms with Crippen LogP contribution in [0.15, 0.2) is 12.1 Å². The van der Waals surface area contributed by atoms with Crippen molar-refractivity contribution in [2.75, 3.05) is 27.3 Å². The first-order chi connectivity index (χ1) is 8.63. The monoisotopic (exact) mass is 256 g/mol. The fourth-order valence-corrected chi connectivity index (χ4v) is 1.43. The minimum absolute atomic E-state index is 0.0790. The maximum atomic E-state index is 13.7. The summed E-state index contributed by atoms with van der Waals surface area (Å²) < 4.78 is 23.6. The predicted octanol–water partition coefficient (Wildman–Crippen LogP) is 0.921. The number of nitrogens with one attached hydrogen (secondary N) is 1. The molecular weight excluding hydrogens is 239 g/mol. The zero-order valence-electron chi connectivity index (χ0n) is 10.5. The lowest BCUT2D eigenvalue weighted by molar-refractivity contribution is 0.0949. The Hall–Kier alpha value is -1.82. The molecule has 0 aliphatic carbocycles. The molecule has 6 heteroatoms. The maximum absolute atomic E-state index is 13.7. The fourth-order valence-electron chi connectivity index (χ4n) is 1.43. The molecule has 5 nitrogen and oxygen atoms in total. The van der Waals surface area contributed by atoms with Gasteiger partial charge in [0.1, 0.15) is 5.82 Å². The third-order valence-electron chi connectivity index (χ3n) is 2.38. The van der Waals surface area contributed by atoms with E-state index in [-0.39, 0.29) is 11.3 Å². The van der Waals surface area contributed by atoms with Crippen molar-refractivity contribution in [3.05, 3.63) is 23.5 Å². The number of hydrogen-bond acceptors (Lipinski definition) is 4. The quantitative estimate of drug-likeness (QED) is 0.742. The minimum Gasteiger partial charge on any atom is -0.493 e. The molecule has 1 rings (SSSR count). The van der Waals surface area contributed by atoms with Gasteiger partial charge in [-0.05, 0) is 19.0 Å². The maximum Gasteiger partial charge on any atom is 0.254 e. The van der Waals surface area contributed by atoms with Gasteiger partial charge in [0, 0.05) is 12.6 Å². The highest BCUT2D eigenvalue weighted by Crippen LogP contribution is 2.29. The van der Waals surface area contributed by atoms with Crippen LogP contribution in [0.2, 0.25) is 0 Å². The number of carbonyl (C=O) groups is 1. The molecule has 0 radical (unpaired) electrons. The molecule has 0 spiro atoms. The Bertz CT molecular complexity index is 424. The number of methoxy groups -OCH3 is 2. The van der Waals surface area contributed by atoms with Gasteiger partial charge in [-0.1, -0.05) is 0 Å². The molecule has 0 heterocycles. The largest absolute Gasteiger partial charge is 0.493 e. The molecule has 0 atom stereocenters. The third kappa shape index (κ3) is 3.33. The van der Waals surface area contributed by atoms with Crippen molar-refractivity contribution in [1.82, 2.24) is 5.32 Å². The van der Waals surface area contributed by atoms with E-state index >= 15 is 0 Å². The molecule has 0 saturated carbocycles. The number of ether oxygens (including phenoxy) is 2. The molecule has 100 valence electrons. The molecular formula is C12H17FN2O3. The van der Waals surface area contributed by atoms with Crippen LogP contribution >= 0.6 is 0 Å². The topological polar surface area (TPSA) is 73.6 Å². The number of rotatable bonds is 6. The Kier molecular flexibility index (Phi) is 5.38. The van der Waals surface area contributed by atoms with E-state index in [2.05, 4.69) is 5.32 Å². The first-order valence-electron chi connectivity index (χ1n) is 5.53. The highest BCUT2D eigenvalue weighted by atomic mass is 19.1. The summed E-state index contributed by atoms with van der Waals surface area (Å²) >= 11 is 0. The lowest BCUT2D eigenvalue weighted by atomic mass is 10.1. The van der Waals surface area contributed by atoms with Gasteiger partial charge in [0.25, 0.3) is 5.91 Å². The van der Waals surface area contributed by atoms with Crippen LogP contribution in [0.5, 0.6) is 11.5 Å². The van der Waals surface area contributed by atoms with Crippen molar-refractivity contribution in [3.8, 4) is 11.5 Å². The second-order valence-corrected chi connectivity index (χ2v) is 3.59. The van der Waals surface area contributed by atoms with E-state index in [1.807, 2.05) is 0 Å². The number of hydrogen-bond donors (Lipinski definition) is 2. The molecule has 0 aliphatic rings. The summed E-state index contributed by atoms with van der Waals surface area (Å²) in [6.07, 6.45) is 0.640. The van der Waals surface area contributed by atoms with Crippen molar-refractivity contribution in [1.29, 1.82) is 0 Å². The van der Waals surface area contributed by atoms with Gasteiger partial charge in [-0.2, -0.15) is 0 Å². The van der Waals surface area contributed by atoms with Gasteiger partial charge in [0.2, 0.25) is 0 Å². The number of nitrogens with two attached hydrogens (primary N) is 1. The number of benzene rings is 1. The summed E-state index contributed by atoms with van der Waals surface area (Å²) in [6, 6.07) is 2.43. The van der Waals surface area contributed by atoms with Crippen molar-refractivity contribution < 1.29 is 18.7 Å². The van der Waals surface area contributed by atoms with Gasteiger partial charge >= 0.3 is 0 Å². The first-order valence-corrected chi connectivity index (χ1v) is 5.53. The van der Waals surface area contributed by atoms with Crippen molar-refractivity contribution in [2.45, 2.75) is 6.42 Å². The summed E-state index contributed by atoms with van der Waals surface area (Å²) in [5, 5.41) is 2.57. The Morgan fingerprint density at radius 2 is 1.94 bits per heavy atom. The van der Waals surface area contributed by atoms with Crippen molar-refractivity contribution in [2.24, 2.45) is 5.73 Å². The molecule has 0 aromatic heterocycles. The van der Waals surface area contributed by atoms with Crippen LogP contribution in [0, 0.1) is 5.82 Å². The zero-order chi connectivity index (χ0) is 13.5. The molecule has 0 unspecified atom stereocenters. The predicted molar refractivity (Wildman–Crippen MR) is 65.5 cm³/mol. The van der Waals surface area contributed by atoms with Crippen LogP contribution in [0.1, 0.15) is 16.8 Å². The zero-order valence-corrected chi connectivity index (χ0v) is 10.5. The lowest BCUT2D eigenvalue weighted by Crippen LogP contribution is -2.26. The normalized spacial score (nSPS) is 10.0. The van der Waals surface area contributed by atoms with E-state index in [4.69, 9.17) is 15.2 Å². The van der Waals surface area contributed by atoms with E-state index in [9.17, 15) is 9.18 Å². The van der Waals surface area contributed by atoms with Gasteiger partial charge in [-0.25, -0.2) is 4.39 Å². The average Bonchev–Trinajstić information content (AvgIpc) is 2.38. The standard InChI is InChI=1S/C12H17FN2O3/c1-17-10-6-8(9(13)7-11(10)18-2)12(16)15-5-3-4-14/h6-7H,3-5,14H2,1-2H3,(H,15,16). The van der Waals surface area contributed by atoms with Crippen molar-refractivity contribution >= 4 is 5.91 Å². The molecule has 1 aromatic rings. The number of amides is 1. The summed E-state index contributed by atoms with van der Waals surface area (Å²) in [4.78, 5) is 11.7. The Balaban J connectivity index is 2.91. The van der Waals surface area contributed by atoms with Gasteiger partial charge in [-0.15, -0.1) is 0 Å². The van der Waals surface area contributed by atoms with Gasteiger partial charge in [-0.3, -0.25) is 4.79 Å². The van der Waals surface area contributed by atoms with Gasteiger partial charge in [0.15, 0.2) is 11.5 Å². The first kappa shape index (κ1) is 14.2.